The third kappa shape index (κ3) is 2.84. The summed E-state index contributed by atoms with van der Waals surface area (Å²) in [6.45, 7) is 2.34. The van der Waals surface area contributed by atoms with Gasteiger partial charge in [0, 0.05) is 5.56 Å². The molecule has 0 spiro atoms. The third-order valence-corrected chi connectivity index (χ3v) is 2.54. The molecule has 0 aliphatic heterocycles. The van der Waals surface area contributed by atoms with Crippen LogP contribution in [0.2, 0.25) is 5.02 Å². The first-order valence-electron chi connectivity index (χ1n) is 4.82. The fourth-order valence-corrected chi connectivity index (χ4v) is 1.91. The molecule has 0 aliphatic carbocycles. The van der Waals surface area contributed by atoms with Crippen LogP contribution in [0.25, 0.3) is 0 Å². The number of halogens is 1. The highest BCUT2D eigenvalue weighted by Crippen LogP contribution is 2.34. The summed E-state index contributed by atoms with van der Waals surface area (Å²) >= 11 is 6.06. The minimum Gasteiger partial charge on any atom is -0.496 e. The van der Waals surface area contributed by atoms with E-state index in [-0.39, 0.29) is 0 Å². The van der Waals surface area contributed by atoms with Crippen molar-refractivity contribution in [1.29, 1.82) is 0 Å². The van der Waals surface area contributed by atoms with E-state index in [1.54, 1.807) is 13.2 Å². The first-order valence-corrected chi connectivity index (χ1v) is 5.20. The number of hydrogen-bond acceptors (Lipinski definition) is 3. The molecule has 0 bridgehead atoms. The third-order valence-electron chi connectivity index (χ3n) is 2.23. The van der Waals surface area contributed by atoms with Crippen LogP contribution in [0.5, 0.6) is 5.75 Å². The highest BCUT2D eigenvalue weighted by Gasteiger charge is 2.16. The number of nitrogens with two attached hydrogens (primary N) is 1. The zero-order chi connectivity index (χ0) is 11.4. The number of ether oxygens (including phenoxy) is 1. The van der Waals surface area contributed by atoms with Crippen LogP contribution in [0.3, 0.4) is 0 Å². The summed E-state index contributed by atoms with van der Waals surface area (Å²) in [5.41, 5.74) is 7.02. The first kappa shape index (κ1) is 12.3. The van der Waals surface area contributed by atoms with Gasteiger partial charge in [-0.25, -0.2) is 0 Å². The van der Waals surface area contributed by atoms with Gasteiger partial charge in [0.2, 0.25) is 0 Å². The predicted octanol–water partition coefficient (Wildman–Crippen LogP) is 2.04. The van der Waals surface area contributed by atoms with Crippen LogP contribution in [0.1, 0.15) is 23.7 Å². The van der Waals surface area contributed by atoms with Gasteiger partial charge >= 0.3 is 0 Å². The lowest BCUT2D eigenvalue weighted by Gasteiger charge is -2.16. The molecule has 4 heteroatoms. The van der Waals surface area contributed by atoms with E-state index in [9.17, 15) is 5.11 Å². The highest BCUT2D eigenvalue weighted by atomic mass is 35.5. The Labute approximate surface area is 94.8 Å². The van der Waals surface area contributed by atoms with Crippen molar-refractivity contribution in [3.05, 3.63) is 28.3 Å². The average Bonchev–Trinajstić information content (AvgIpc) is 2.16. The summed E-state index contributed by atoms with van der Waals surface area (Å²) in [5, 5.41) is 10.4. The van der Waals surface area contributed by atoms with Gasteiger partial charge in [-0.05, 0) is 37.6 Å². The Balaban J connectivity index is 3.14. The molecule has 0 fully saturated rings. The van der Waals surface area contributed by atoms with Crippen LogP contribution in [0.15, 0.2) is 12.1 Å². The molecule has 1 rings (SSSR count). The van der Waals surface area contributed by atoms with Gasteiger partial charge in [0.25, 0.3) is 0 Å². The molecule has 3 N–H and O–H groups in total. The van der Waals surface area contributed by atoms with E-state index in [4.69, 9.17) is 22.1 Å². The quantitative estimate of drug-likeness (QED) is 0.831. The lowest BCUT2D eigenvalue weighted by molar-refractivity contribution is 0.166. The minimum atomic E-state index is -0.668. The second-order valence-electron chi connectivity index (χ2n) is 3.46. The molecule has 0 aromatic heterocycles. The SMILES string of the molecule is COc1cc(C)cc(Cl)c1C(O)CCN. The zero-order valence-corrected chi connectivity index (χ0v) is 9.71. The van der Waals surface area contributed by atoms with Gasteiger partial charge in [-0.15, -0.1) is 0 Å². The van der Waals surface area contributed by atoms with Gasteiger partial charge in [0.1, 0.15) is 5.75 Å². The fraction of sp³-hybridized carbons (Fsp3) is 0.455. The Hall–Kier alpha value is -0.770. The van der Waals surface area contributed by atoms with Crippen LogP contribution < -0.4 is 10.5 Å². The number of rotatable bonds is 4. The number of aryl methyl sites for hydroxylation is 1. The molecule has 0 heterocycles. The van der Waals surface area contributed by atoms with Gasteiger partial charge < -0.3 is 15.6 Å². The molecule has 0 saturated carbocycles. The molecule has 1 aromatic rings. The summed E-state index contributed by atoms with van der Waals surface area (Å²) in [6.07, 6.45) is -0.197. The largest absolute Gasteiger partial charge is 0.496 e. The van der Waals surface area contributed by atoms with Gasteiger partial charge in [-0.3, -0.25) is 0 Å². The maximum Gasteiger partial charge on any atom is 0.126 e. The van der Waals surface area contributed by atoms with Gasteiger partial charge in [-0.1, -0.05) is 11.6 Å². The van der Waals surface area contributed by atoms with E-state index in [2.05, 4.69) is 0 Å². The summed E-state index contributed by atoms with van der Waals surface area (Å²) in [6, 6.07) is 3.65. The number of hydrogen-bond donors (Lipinski definition) is 2. The molecule has 84 valence electrons. The molecule has 0 amide bonds. The van der Waals surface area contributed by atoms with Crippen LogP contribution >= 0.6 is 11.6 Å². The standard InChI is InChI=1S/C11H16ClNO2/c1-7-5-8(12)11(9(14)3-4-13)10(6-7)15-2/h5-6,9,14H,3-4,13H2,1-2H3. The molecular weight excluding hydrogens is 214 g/mol. The van der Waals surface area contributed by atoms with Crippen molar-refractivity contribution in [3.8, 4) is 5.75 Å². The van der Waals surface area contributed by atoms with Crippen molar-refractivity contribution in [3.63, 3.8) is 0 Å². The second kappa shape index (κ2) is 5.35. The van der Waals surface area contributed by atoms with E-state index in [0.717, 1.165) is 5.56 Å². The summed E-state index contributed by atoms with van der Waals surface area (Å²) in [7, 11) is 1.56. The van der Waals surface area contributed by atoms with E-state index >= 15 is 0 Å². The Morgan fingerprint density at radius 2 is 2.20 bits per heavy atom. The Morgan fingerprint density at radius 1 is 1.53 bits per heavy atom. The van der Waals surface area contributed by atoms with Crippen molar-refractivity contribution in [2.45, 2.75) is 19.4 Å². The van der Waals surface area contributed by atoms with Gasteiger partial charge in [-0.2, -0.15) is 0 Å². The maximum absolute atomic E-state index is 9.86. The fourth-order valence-electron chi connectivity index (χ4n) is 1.52. The molecule has 0 saturated heterocycles. The van der Waals surface area contributed by atoms with E-state index in [1.165, 1.54) is 0 Å². The number of aliphatic hydroxyl groups is 1. The smallest absolute Gasteiger partial charge is 0.126 e. The number of benzene rings is 1. The van der Waals surface area contributed by atoms with Crippen LogP contribution in [-0.4, -0.2) is 18.8 Å². The zero-order valence-electron chi connectivity index (χ0n) is 8.96. The molecular formula is C11H16ClNO2. The van der Waals surface area contributed by atoms with Crippen molar-refractivity contribution < 1.29 is 9.84 Å². The van der Waals surface area contributed by atoms with Crippen molar-refractivity contribution in [1.82, 2.24) is 0 Å². The van der Waals surface area contributed by atoms with Crippen molar-refractivity contribution in [2.75, 3.05) is 13.7 Å². The Bertz CT molecular complexity index is 342. The summed E-state index contributed by atoms with van der Waals surface area (Å²) in [4.78, 5) is 0. The molecule has 1 atom stereocenters. The monoisotopic (exact) mass is 229 g/mol. The number of methoxy groups -OCH3 is 1. The minimum absolute atomic E-state index is 0.411. The molecule has 0 aliphatic rings. The molecule has 3 nitrogen and oxygen atoms in total. The number of aliphatic hydroxyl groups excluding tert-OH is 1. The molecule has 1 unspecified atom stereocenters. The molecule has 1 aromatic carbocycles. The van der Waals surface area contributed by atoms with Crippen LogP contribution in [0, 0.1) is 6.92 Å². The molecule has 0 radical (unpaired) electrons. The van der Waals surface area contributed by atoms with Crippen LogP contribution in [-0.2, 0) is 0 Å². The van der Waals surface area contributed by atoms with Crippen molar-refractivity contribution >= 4 is 11.6 Å². The van der Waals surface area contributed by atoms with Gasteiger partial charge in [0.15, 0.2) is 0 Å². The normalized spacial score (nSPS) is 12.6. The van der Waals surface area contributed by atoms with E-state index in [0.29, 0.717) is 29.3 Å². The highest BCUT2D eigenvalue weighted by molar-refractivity contribution is 6.31. The summed E-state index contributed by atoms with van der Waals surface area (Å²) < 4.78 is 5.19. The predicted molar refractivity (Wildman–Crippen MR) is 61.4 cm³/mol. The van der Waals surface area contributed by atoms with Gasteiger partial charge in [0.05, 0.1) is 18.2 Å². The van der Waals surface area contributed by atoms with Crippen molar-refractivity contribution in [2.24, 2.45) is 5.73 Å². The van der Waals surface area contributed by atoms with Crippen LogP contribution in [0.4, 0.5) is 0 Å². The Morgan fingerprint density at radius 3 is 2.73 bits per heavy atom. The first-order chi connectivity index (χ1) is 7.10. The summed E-state index contributed by atoms with van der Waals surface area (Å²) in [5.74, 6) is 0.612. The topological polar surface area (TPSA) is 55.5 Å². The van der Waals surface area contributed by atoms with E-state index < -0.39 is 6.10 Å². The van der Waals surface area contributed by atoms with E-state index in [1.807, 2.05) is 13.0 Å². The lowest BCUT2D eigenvalue weighted by Crippen LogP contribution is -2.08. The average molecular weight is 230 g/mol. The Kier molecular flexibility index (Phi) is 4.39. The second-order valence-corrected chi connectivity index (χ2v) is 3.86. The molecule has 15 heavy (non-hydrogen) atoms. The maximum atomic E-state index is 9.86. The lowest BCUT2D eigenvalue weighted by atomic mass is 10.0.